The minimum Gasteiger partial charge on any atom is -0.490 e. The minimum absolute atomic E-state index is 0.0343. The van der Waals surface area contributed by atoms with Crippen LogP contribution in [0.15, 0.2) is 36.7 Å². The number of hydrogen-bond donors (Lipinski definition) is 0. The summed E-state index contributed by atoms with van der Waals surface area (Å²) in [6.07, 6.45) is 5.16. The van der Waals surface area contributed by atoms with Gasteiger partial charge in [-0.05, 0) is 31.9 Å². The van der Waals surface area contributed by atoms with Crippen LogP contribution in [0.5, 0.6) is 11.5 Å². The first-order valence-corrected chi connectivity index (χ1v) is 9.25. The second-order valence-corrected chi connectivity index (χ2v) is 6.68. The number of benzene rings is 1. The van der Waals surface area contributed by atoms with Gasteiger partial charge in [0, 0.05) is 33.0 Å². The van der Waals surface area contributed by atoms with Crippen LogP contribution in [-0.2, 0) is 0 Å². The first-order valence-electron chi connectivity index (χ1n) is 9.25. The Morgan fingerprint density at radius 2 is 1.93 bits per heavy atom. The largest absolute Gasteiger partial charge is 0.490 e. The molecule has 1 atom stereocenters. The molecule has 2 heterocycles. The molecular weight excluding hydrogens is 344 g/mol. The van der Waals surface area contributed by atoms with Gasteiger partial charge in [-0.15, -0.1) is 0 Å². The molecule has 0 unspecified atom stereocenters. The summed E-state index contributed by atoms with van der Waals surface area (Å²) in [5.41, 5.74) is 0.485. The van der Waals surface area contributed by atoms with Gasteiger partial charge in [0.15, 0.2) is 11.5 Å². The van der Waals surface area contributed by atoms with Crippen molar-refractivity contribution in [3.63, 3.8) is 0 Å². The number of rotatable bonds is 6. The van der Waals surface area contributed by atoms with Gasteiger partial charge in [-0.25, -0.2) is 9.97 Å². The Balaban J connectivity index is 1.67. The lowest BCUT2D eigenvalue weighted by Crippen LogP contribution is -2.42. The zero-order valence-corrected chi connectivity index (χ0v) is 16.1. The molecule has 7 heteroatoms. The quantitative estimate of drug-likeness (QED) is 0.779. The van der Waals surface area contributed by atoms with E-state index in [1.807, 2.05) is 31.2 Å². The summed E-state index contributed by atoms with van der Waals surface area (Å²) >= 11 is 0. The van der Waals surface area contributed by atoms with Gasteiger partial charge in [-0.1, -0.05) is 12.1 Å². The number of carbonyl (C=O) groups is 1. The molecule has 1 aromatic carbocycles. The highest BCUT2D eigenvalue weighted by molar-refractivity contribution is 5.93. The Labute approximate surface area is 159 Å². The van der Waals surface area contributed by atoms with Crippen molar-refractivity contribution >= 4 is 11.9 Å². The van der Waals surface area contributed by atoms with Crippen molar-refractivity contribution < 1.29 is 14.3 Å². The Kier molecular flexibility index (Phi) is 6.11. The third-order valence-electron chi connectivity index (χ3n) is 4.39. The van der Waals surface area contributed by atoms with E-state index in [-0.39, 0.29) is 12.0 Å². The van der Waals surface area contributed by atoms with E-state index < -0.39 is 0 Å². The van der Waals surface area contributed by atoms with E-state index >= 15 is 0 Å². The average Bonchev–Trinajstić information content (AvgIpc) is 2.69. The van der Waals surface area contributed by atoms with Gasteiger partial charge in [0.1, 0.15) is 6.10 Å². The highest BCUT2D eigenvalue weighted by Crippen LogP contribution is 2.29. The molecule has 0 aliphatic carbocycles. The Morgan fingerprint density at radius 3 is 2.59 bits per heavy atom. The maximum atomic E-state index is 12.0. The fourth-order valence-corrected chi connectivity index (χ4v) is 3.07. The van der Waals surface area contributed by atoms with Crippen molar-refractivity contribution in [3.8, 4) is 11.5 Å². The molecule has 3 rings (SSSR count). The summed E-state index contributed by atoms with van der Waals surface area (Å²) in [5, 5.41) is 0. The fourth-order valence-electron chi connectivity index (χ4n) is 3.07. The topological polar surface area (TPSA) is 67.8 Å². The molecule has 0 spiro atoms. The highest BCUT2D eigenvalue weighted by Gasteiger charge is 2.24. The van der Waals surface area contributed by atoms with Crippen molar-refractivity contribution in [2.75, 3.05) is 38.7 Å². The number of nitrogens with zero attached hydrogens (tertiary/aromatic N) is 4. The normalized spacial score (nSPS) is 16.7. The summed E-state index contributed by atoms with van der Waals surface area (Å²) in [4.78, 5) is 24.3. The van der Waals surface area contributed by atoms with Crippen LogP contribution < -0.4 is 14.4 Å². The molecule has 144 valence electrons. The van der Waals surface area contributed by atoms with Crippen LogP contribution in [0, 0.1) is 0 Å². The number of carbonyl (C=O) groups excluding carboxylic acids is 1. The van der Waals surface area contributed by atoms with E-state index in [2.05, 4.69) is 14.9 Å². The number of hydrogen-bond acceptors (Lipinski definition) is 6. The summed E-state index contributed by atoms with van der Waals surface area (Å²) in [7, 11) is 3.42. The highest BCUT2D eigenvalue weighted by atomic mass is 16.5. The molecule has 2 aromatic rings. The molecule has 7 nitrogen and oxygen atoms in total. The third-order valence-corrected chi connectivity index (χ3v) is 4.39. The lowest BCUT2D eigenvalue weighted by Gasteiger charge is -2.33. The van der Waals surface area contributed by atoms with E-state index in [4.69, 9.17) is 9.47 Å². The van der Waals surface area contributed by atoms with Crippen molar-refractivity contribution in [2.24, 2.45) is 0 Å². The molecule has 0 bridgehead atoms. The van der Waals surface area contributed by atoms with E-state index in [9.17, 15) is 4.79 Å². The van der Waals surface area contributed by atoms with E-state index in [0.29, 0.717) is 24.7 Å². The van der Waals surface area contributed by atoms with Gasteiger partial charge < -0.3 is 19.3 Å². The number of aromatic nitrogens is 2. The number of para-hydroxylation sites is 2. The molecule has 0 radical (unpaired) electrons. The zero-order valence-electron chi connectivity index (χ0n) is 16.1. The lowest BCUT2D eigenvalue weighted by molar-refractivity contribution is 0.0826. The number of piperidine rings is 1. The standard InChI is InChI=1S/C20H26N4O3/c1-4-26-17-9-5-6-10-18(17)27-16-8-7-11-24(14-16)20-21-12-15(13-22-20)19(25)23(2)3/h5-6,9-10,12-13,16H,4,7-8,11,14H2,1-3H3/t16-/m1/s1. The van der Waals surface area contributed by atoms with Crippen molar-refractivity contribution in [2.45, 2.75) is 25.9 Å². The molecule has 1 amide bonds. The fraction of sp³-hybridized carbons (Fsp3) is 0.450. The molecule has 1 aliphatic heterocycles. The SMILES string of the molecule is CCOc1ccccc1O[C@@H]1CCCN(c2ncc(C(=O)N(C)C)cn2)C1. The summed E-state index contributed by atoms with van der Waals surface area (Å²) in [5.74, 6) is 2.05. The van der Waals surface area contributed by atoms with Crippen molar-refractivity contribution in [1.82, 2.24) is 14.9 Å². The van der Waals surface area contributed by atoms with Crippen molar-refractivity contribution in [1.29, 1.82) is 0 Å². The first-order chi connectivity index (χ1) is 13.1. The predicted octanol–water partition coefficient (Wildman–Crippen LogP) is 2.62. The van der Waals surface area contributed by atoms with Crippen LogP contribution in [0.1, 0.15) is 30.1 Å². The first kappa shape index (κ1) is 18.9. The van der Waals surface area contributed by atoms with Crippen LogP contribution in [0.25, 0.3) is 0 Å². The Bertz CT molecular complexity index is 764. The number of amides is 1. The molecular formula is C20H26N4O3. The van der Waals surface area contributed by atoms with Gasteiger partial charge in [-0.3, -0.25) is 4.79 Å². The second kappa shape index (κ2) is 8.70. The molecule has 0 N–H and O–H groups in total. The summed E-state index contributed by atoms with van der Waals surface area (Å²) < 4.78 is 11.8. The van der Waals surface area contributed by atoms with Crippen LogP contribution in [0.4, 0.5) is 5.95 Å². The molecule has 1 saturated heterocycles. The van der Waals surface area contributed by atoms with Crippen LogP contribution in [0.2, 0.25) is 0 Å². The lowest BCUT2D eigenvalue weighted by atomic mass is 10.1. The van der Waals surface area contributed by atoms with Gasteiger partial charge in [0.2, 0.25) is 5.95 Å². The molecule has 1 aromatic heterocycles. The maximum absolute atomic E-state index is 12.0. The van der Waals surface area contributed by atoms with E-state index in [1.165, 1.54) is 4.90 Å². The summed E-state index contributed by atoms with van der Waals surface area (Å²) in [6, 6.07) is 7.74. The maximum Gasteiger partial charge on any atom is 0.256 e. The van der Waals surface area contributed by atoms with E-state index in [0.717, 1.165) is 30.9 Å². The van der Waals surface area contributed by atoms with Crippen LogP contribution in [-0.4, -0.2) is 60.7 Å². The second-order valence-electron chi connectivity index (χ2n) is 6.68. The predicted molar refractivity (Wildman–Crippen MR) is 104 cm³/mol. The van der Waals surface area contributed by atoms with E-state index in [1.54, 1.807) is 26.5 Å². The van der Waals surface area contributed by atoms with Crippen LogP contribution in [0.3, 0.4) is 0 Å². The van der Waals surface area contributed by atoms with Gasteiger partial charge in [-0.2, -0.15) is 0 Å². The average molecular weight is 370 g/mol. The molecule has 27 heavy (non-hydrogen) atoms. The molecule has 0 saturated carbocycles. The number of anilines is 1. The monoisotopic (exact) mass is 370 g/mol. The Morgan fingerprint density at radius 1 is 1.22 bits per heavy atom. The van der Waals surface area contributed by atoms with Gasteiger partial charge in [0.05, 0.1) is 18.7 Å². The number of ether oxygens (including phenoxy) is 2. The molecule has 1 fully saturated rings. The van der Waals surface area contributed by atoms with Gasteiger partial charge in [0.25, 0.3) is 5.91 Å². The zero-order chi connectivity index (χ0) is 19.2. The summed E-state index contributed by atoms with van der Waals surface area (Å²) in [6.45, 7) is 4.12. The van der Waals surface area contributed by atoms with Crippen LogP contribution >= 0.6 is 0 Å². The molecule has 1 aliphatic rings. The van der Waals surface area contributed by atoms with Gasteiger partial charge >= 0.3 is 0 Å². The third kappa shape index (κ3) is 4.67. The smallest absolute Gasteiger partial charge is 0.256 e. The van der Waals surface area contributed by atoms with Crippen molar-refractivity contribution in [3.05, 3.63) is 42.2 Å². The Hall–Kier alpha value is -2.83. The minimum atomic E-state index is -0.103.